The summed E-state index contributed by atoms with van der Waals surface area (Å²) >= 11 is 11.9. The van der Waals surface area contributed by atoms with Crippen LogP contribution >= 0.6 is 23.2 Å². The molecule has 1 fully saturated rings. The standard InChI is InChI=1S/C13H13Cl2NO3/c14-9-5-2-6-10(15)11(9)16-12(17)7-3-1-4-8(7)13(18)19/h2,5-8H,1,3-4H2,(H,16,17)(H,18,19)/t7-,8+/m1/s1. The van der Waals surface area contributed by atoms with Crippen molar-refractivity contribution in [2.24, 2.45) is 11.8 Å². The molecule has 1 aliphatic carbocycles. The summed E-state index contributed by atoms with van der Waals surface area (Å²) < 4.78 is 0. The van der Waals surface area contributed by atoms with E-state index in [-0.39, 0.29) is 5.91 Å². The first-order valence-corrected chi connectivity index (χ1v) is 6.74. The summed E-state index contributed by atoms with van der Waals surface area (Å²) in [5.74, 6) is -2.41. The van der Waals surface area contributed by atoms with Crippen molar-refractivity contribution in [3.8, 4) is 0 Å². The summed E-state index contributed by atoms with van der Waals surface area (Å²) in [5.41, 5.74) is 0.340. The van der Waals surface area contributed by atoms with Gasteiger partial charge in [0.15, 0.2) is 0 Å². The van der Waals surface area contributed by atoms with Crippen LogP contribution < -0.4 is 5.32 Å². The van der Waals surface area contributed by atoms with E-state index in [1.807, 2.05) is 0 Å². The van der Waals surface area contributed by atoms with E-state index in [0.29, 0.717) is 28.6 Å². The van der Waals surface area contributed by atoms with Crippen molar-refractivity contribution in [3.05, 3.63) is 28.2 Å². The van der Waals surface area contributed by atoms with Gasteiger partial charge in [-0.15, -0.1) is 0 Å². The number of nitrogens with one attached hydrogen (secondary N) is 1. The van der Waals surface area contributed by atoms with Gasteiger partial charge in [0, 0.05) is 0 Å². The van der Waals surface area contributed by atoms with Gasteiger partial charge in [0.05, 0.1) is 27.6 Å². The van der Waals surface area contributed by atoms with E-state index >= 15 is 0 Å². The molecule has 2 N–H and O–H groups in total. The van der Waals surface area contributed by atoms with Crippen LogP contribution in [0, 0.1) is 11.8 Å². The van der Waals surface area contributed by atoms with Gasteiger partial charge in [-0.3, -0.25) is 9.59 Å². The Morgan fingerprint density at radius 2 is 1.74 bits per heavy atom. The normalized spacial score (nSPS) is 22.2. The van der Waals surface area contributed by atoms with Gasteiger partial charge in [0.1, 0.15) is 0 Å². The van der Waals surface area contributed by atoms with Crippen molar-refractivity contribution in [2.75, 3.05) is 5.32 Å². The van der Waals surface area contributed by atoms with Crippen molar-refractivity contribution < 1.29 is 14.7 Å². The van der Waals surface area contributed by atoms with Crippen molar-refractivity contribution >= 4 is 40.8 Å². The molecule has 19 heavy (non-hydrogen) atoms. The van der Waals surface area contributed by atoms with Gasteiger partial charge in [-0.25, -0.2) is 0 Å². The monoisotopic (exact) mass is 301 g/mol. The highest BCUT2D eigenvalue weighted by atomic mass is 35.5. The van der Waals surface area contributed by atoms with Crippen LogP contribution in [0.15, 0.2) is 18.2 Å². The van der Waals surface area contributed by atoms with Crippen LogP contribution in [0.4, 0.5) is 5.69 Å². The fourth-order valence-corrected chi connectivity index (χ4v) is 2.89. The minimum absolute atomic E-state index is 0.333. The van der Waals surface area contributed by atoms with E-state index in [9.17, 15) is 9.59 Å². The molecule has 0 bridgehead atoms. The lowest BCUT2D eigenvalue weighted by Crippen LogP contribution is -2.30. The Morgan fingerprint density at radius 3 is 2.32 bits per heavy atom. The molecule has 0 heterocycles. The van der Waals surface area contributed by atoms with Crippen LogP contribution in [0.2, 0.25) is 10.0 Å². The third kappa shape index (κ3) is 3.01. The molecule has 0 radical (unpaired) electrons. The van der Waals surface area contributed by atoms with Crippen LogP contribution in [0.25, 0.3) is 0 Å². The number of halogens is 2. The number of rotatable bonds is 3. The molecule has 102 valence electrons. The molecule has 2 atom stereocenters. The van der Waals surface area contributed by atoms with Crippen LogP contribution in [-0.2, 0) is 9.59 Å². The number of amides is 1. The number of carboxylic acid groups (broad SMARTS) is 1. The minimum Gasteiger partial charge on any atom is -0.481 e. The maximum Gasteiger partial charge on any atom is 0.307 e. The lowest BCUT2D eigenvalue weighted by atomic mass is 9.95. The van der Waals surface area contributed by atoms with Gasteiger partial charge in [0.2, 0.25) is 5.91 Å². The first-order valence-electron chi connectivity index (χ1n) is 5.98. The first-order chi connectivity index (χ1) is 9.00. The average Bonchev–Trinajstić information content (AvgIpc) is 2.83. The highest BCUT2D eigenvalue weighted by Gasteiger charge is 2.38. The molecule has 1 aliphatic rings. The summed E-state index contributed by atoms with van der Waals surface area (Å²) in [4.78, 5) is 23.2. The molecular formula is C13H13Cl2NO3. The number of carboxylic acids is 1. The third-order valence-electron chi connectivity index (χ3n) is 3.38. The van der Waals surface area contributed by atoms with E-state index in [4.69, 9.17) is 28.3 Å². The maximum absolute atomic E-state index is 12.1. The summed E-state index contributed by atoms with van der Waals surface area (Å²) in [6.45, 7) is 0. The largest absolute Gasteiger partial charge is 0.481 e. The number of carbonyl (C=O) groups is 2. The molecule has 0 spiro atoms. The molecule has 0 saturated heterocycles. The van der Waals surface area contributed by atoms with E-state index < -0.39 is 17.8 Å². The molecule has 1 aromatic rings. The van der Waals surface area contributed by atoms with Crippen molar-refractivity contribution in [2.45, 2.75) is 19.3 Å². The molecule has 2 rings (SSSR count). The van der Waals surface area contributed by atoms with Crippen LogP contribution in [-0.4, -0.2) is 17.0 Å². The fraction of sp³-hybridized carbons (Fsp3) is 0.385. The predicted octanol–water partition coefficient (Wildman–Crippen LogP) is 3.43. The number of hydrogen-bond acceptors (Lipinski definition) is 2. The van der Waals surface area contributed by atoms with Crippen molar-refractivity contribution in [3.63, 3.8) is 0 Å². The predicted molar refractivity (Wildman–Crippen MR) is 73.6 cm³/mol. The SMILES string of the molecule is O=C(O)[C@H]1CCC[C@H]1C(=O)Nc1c(Cl)cccc1Cl. The van der Waals surface area contributed by atoms with Crippen molar-refractivity contribution in [1.82, 2.24) is 0 Å². The van der Waals surface area contributed by atoms with E-state index in [1.54, 1.807) is 18.2 Å². The van der Waals surface area contributed by atoms with Gasteiger partial charge >= 0.3 is 5.97 Å². The van der Waals surface area contributed by atoms with Gasteiger partial charge in [0.25, 0.3) is 0 Å². The first kappa shape index (κ1) is 14.2. The van der Waals surface area contributed by atoms with Crippen molar-refractivity contribution in [1.29, 1.82) is 0 Å². The number of aliphatic carboxylic acids is 1. The highest BCUT2D eigenvalue weighted by molar-refractivity contribution is 6.39. The molecular weight excluding hydrogens is 289 g/mol. The van der Waals surface area contributed by atoms with Crippen LogP contribution in [0.1, 0.15) is 19.3 Å². The second kappa shape index (κ2) is 5.80. The lowest BCUT2D eigenvalue weighted by Gasteiger charge is -2.16. The molecule has 1 saturated carbocycles. The molecule has 0 aromatic heterocycles. The lowest BCUT2D eigenvalue weighted by molar-refractivity contribution is -0.145. The molecule has 0 unspecified atom stereocenters. The Hall–Kier alpha value is -1.26. The van der Waals surface area contributed by atoms with Gasteiger partial charge in [-0.2, -0.15) is 0 Å². The Kier molecular flexibility index (Phi) is 4.32. The van der Waals surface area contributed by atoms with Gasteiger partial charge in [-0.05, 0) is 25.0 Å². The maximum atomic E-state index is 12.1. The number of hydrogen-bond donors (Lipinski definition) is 2. The zero-order valence-electron chi connectivity index (χ0n) is 10.0. The zero-order valence-corrected chi connectivity index (χ0v) is 11.5. The molecule has 6 heteroatoms. The van der Waals surface area contributed by atoms with Gasteiger partial charge in [-0.1, -0.05) is 35.7 Å². The van der Waals surface area contributed by atoms with E-state index in [0.717, 1.165) is 6.42 Å². The zero-order chi connectivity index (χ0) is 14.0. The quantitative estimate of drug-likeness (QED) is 0.899. The molecule has 1 aromatic carbocycles. The second-order valence-electron chi connectivity index (χ2n) is 4.57. The summed E-state index contributed by atoms with van der Waals surface area (Å²) in [7, 11) is 0. The highest BCUT2D eigenvalue weighted by Crippen LogP contribution is 2.35. The number of benzene rings is 1. The smallest absolute Gasteiger partial charge is 0.307 e. The minimum atomic E-state index is -0.928. The fourth-order valence-electron chi connectivity index (χ4n) is 2.40. The summed E-state index contributed by atoms with van der Waals surface area (Å²) in [6.07, 6.45) is 1.85. The second-order valence-corrected chi connectivity index (χ2v) is 5.38. The summed E-state index contributed by atoms with van der Waals surface area (Å²) in [6, 6.07) is 4.91. The molecule has 4 nitrogen and oxygen atoms in total. The Balaban J connectivity index is 2.15. The summed E-state index contributed by atoms with van der Waals surface area (Å²) in [5, 5.41) is 12.4. The number of carbonyl (C=O) groups excluding carboxylic acids is 1. The topological polar surface area (TPSA) is 66.4 Å². The number of anilines is 1. The Bertz CT molecular complexity index is 498. The van der Waals surface area contributed by atoms with E-state index in [1.165, 1.54) is 0 Å². The van der Waals surface area contributed by atoms with E-state index in [2.05, 4.69) is 5.32 Å². The van der Waals surface area contributed by atoms with Crippen LogP contribution in [0.5, 0.6) is 0 Å². The average molecular weight is 302 g/mol. The molecule has 0 aliphatic heterocycles. The van der Waals surface area contributed by atoms with Gasteiger partial charge < -0.3 is 10.4 Å². The number of para-hydroxylation sites is 1. The Morgan fingerprint density at radius 1 is 1.16 bits per heavy atom. The third-order valence-corrected chi connectivity index (χ3v) is 4.01. The van der Waals surface area contributed by atoms with Crippen LogP contribution in [0.3, 0.4) is 0 Å². The Labute approximate surface area is 120 Å². The molecule has 1 amide bonds.